The van der Waals surface area contributed by atoms with Crippen LogP contribution in [-0.4, -0.2) is 35.4 Å². The Morgan fingerprint density at radius 2 is 1.77 bits per heavy atom. The van der Waals surface area contributed by atoms with Gasteiger partial charge >= 0.3 is 5.69 Å². The third kappa shape index (κ3) is 4.75. The Morgan fingerprint density at radius 1 is 1.07 bits per heavy atom. The van der Waals surface area contributed by atoms with Crippen LogP contribution in [0.4, 0.5) is 0 Å². The maximum atomic E-state index is 12.9. The first kappa shape index (κ1) is 22.1. The van der Waals surface area contributed by atoms with Crippen molar-refractivity contribution in [2.45, 2.75) is 50.8 Å². The third-order valence-corrected chi connectivity index (χ3v) is 5.84. The molecule has 0 fully saturated rings. The number of ether oxygens (including phenoxy) is 1. The number of primary sulfonamides is 1. The van der Waals surface area contributed by atoms with Crippen molar-refractivity contribution >= 4 is 21.1 Å². The summed E-state index contributed by atoms with van der Waals surface area (Å²) in [5.41, 5.74) is 1.87. The van der Waals surface area contributed by atoms with Crippen molar-refractivity contribution in [1.29, 1.82) is 0 Å². The largest absolute Gasteiger partial charge is 0.491 e. The molecule has 0 radical (unpaired) electrons. The summed E-state index contributed by atoms with van der Waals surface area (Å²) in [6.07, 6.45) is 0.691. The van der Waals surface area contributed by atoms with Crippen molar-refractivity contribution in [3.05, 3.63) is 58.5 Å². The Morgan fingerprint density at radius 3 is 2.37 bits per heavy atom. The number of benzene rings is 2. The molecule has 1 atom stereocenters. The monoisotopic (exact) mass is 433 g/mol. The maximum absolute atomic E-state index is 12.9. The predicted molar refractivity (Wildman–Crippen MR) is 115 cm³/mol. The highest BCUT2D eigenvalue weighted by molar-refractivity contribution is 7.89. The fourth-order valence-electron chi connectivity index (χ4n) is 3.37. The lowest BCUT2D eigenvalue weighted by Crippen LogP contribution is -2.31. The minimum Gasteiger partial charge on any atom is -0.491 e. The smallest absolute Gasteiger partial charge is 0.329 e. The molecule has 0 spiro atoms. The van der Waals surface area contributed by atoms with Gasteiger partial charge in [0.15, 0.2) is 0 Å². The number of aliphatic hydroxyl groups excluding tert-OH is 1. The van der Waals surface area contributed by atoms with Gasteiger partial charge in [-0.25, -0.2) is 18.4 Å². The lowest BCUT2D eigenvalue weighted by Gasteiger charge is -2.13. The maximum Gasteiger partial charge on any atom is 0.329 e. The number of nitrogens with zero attached hydrogens (tertiary/aromatic N) is 2. The van der Waals surface area contributed by atoms with Gasteiger partial charge in [0.2, 0.25) is 10.0 Å². The van der Waals surface area contributed by atoms with E-state index in [9.17, 15) is 18.3 Å². The van der Waals surface area contributed by atoms with Crippen LogP contribution < -0.4 is 15.6 Å². The average molecular weight is 434 g/mol. The van der Waals surface area contributed by atoms with Gasteiger partial charge in [-0.05, 0) is 48.7 Å². The van der Waals surface area contributed by atoms with E-state index in [1.54, 1.807) is 10.6 Å². The van der Waals surface area contributed by atoms with Crippen LogP contribution in [0.2, 0.25) is 0 Å². The highest BCUT2D eigenvalue weighted by atomic mass is 32.2. The Bertz CT molecular complexity index is 1180. The van der Waals surface area contributed by atoms with Gasteiger partial charge in [-0.15, -0.1) is 0 Å². The van der Waals surface area contributed by atoms with Crippen LogP contribution in [-0.2, 0) is 29.5 Å². The summed E-state index contributed by atoms with van der Waals surface area (Å²) in [7, 11) is -3.92. The number of imidazole rings is 1. The number of nitrogens with two attached hydrogens (primary N) is 1. The minimum absolute atomic E-state index is 0.00671. The molecule has 1 aromatic heterocycles. The summed E-state index contributed by atoms with van der Waals surface area (Å²) in [6, 6.07) is 11.9. The van der Waals surface area contributed by atoms with Crippen molar-refractivity contribution in [1.82, 2.24) is 9.13 Å². The molecule has 0 bridgehead atoms. The first-order valence-electron chi connectivity index (χ1n) is 9.90. The standard InChI is InChI=1S/C21H27N3O5S/c1-3-11-23-19-10-9-18(30(22,27)28)12-20(19)24(21(23)26)13-16(25)14-29-17-7-5-15(4-2)6-8-17/h5-10,12,16,25H,3-4,11,13-14H2,1-2H3,(H2,22,27,28). The zero-order valence-corrected chi connectivity index (χ0v) is 17.9. The summed E-state index contributed by atoms with van der Waals surface area (Å²) in [5.74, 6) is 0.628. The lowest BCUT2D eigenvalue weighted by atomic mass is 10.2. The predicted octanol–water partition coefficient (Wildman–Crippen LogP) is 1.86. The number of hydrogen-bond donors (Lipinski definition) is 2. The normalized spacial score (nSPS) is 12.9. The van der Waals surface area contributed by atoms with E-state index in [4.69, 9.17) is 9.88 Å². The Balaban J connectivity index is 1.87. The Kier molecular flexibility index (Phi) is 6.64. The fourth-order valence-corrected chi connectivity index (χ4v) is 3.90. The van der Waals surface area contributed by atoms with Gasteiger partial charge in [0.25, 0.3) is 0 Å². The van der Waals surface area contributed by atoms with Crippen molar-refractivity contribution in [2.24, 2.45) is 5.14 Å². The molecule has 162 valence electrons. The molecule has 0 aliphatic heterocycles. The molecule has 2 aromatic carbocycles. The molecule has 1 heterocycles. The van der Waals surface area contributed by atoms with Crippen LogP contribution in [0.25, 0.3) is 11.0 Å². The molecule has 8 nitrogen and oxygen atoms in total. The van der Waals surface area contributed by atoms with E-state index in [0.717, 1.165) is 12.8 Å². The molecule has 0 saturated heterocycles. The van der Waals surface area contributed by atoms with Gasteiger partial charge in [0.1, 0.15) is 18.5 Å². The van der Waals surface area contributed by atoms with Crippen LogP contribution >= 0.6 is 0 Å². The summed E-state index contributed by atoms with van der Waals surface area (Å²) in [4.78, 5) is 12.8. The highest BCUT2D eigenvalue weighted by Gasteiger charge is 2.19. The van der Waals surface area contributed by atoms with E-state index in [-0.39, 0.29) is 23.7 Å². The van der Waals surface area contributed by atoms with Crippen LogP contribution in [0.3, 0.4) is 0 Å². The molecule has 0 aliphatic carbocycles. The van der Waals surface area contributed by atoms with Crippen molar-refractivity contribution < 1.29 is 18.3 Å². The first-order valence-corrected chi connectivity index (χ1v) is 11.4. The first-order chi connectivity index (χ1) is 14.2. The van der Waals surface area contributed by atoms with Crippen molar-refractivity contribution in [3.63, 3.8) is 0 Å². The summed E-state index contributed by atoms with van der Waals surface area (Å²) in [5, 5.41) is 15.7. The van der Waals surface area contributed by atoms with E-state index in [2.05, 4.69) is 6.92 Å². The molecular formula is C21H27N3O5S. The van der Waals surface area contributed by atoms with Crippen LogP contribution in [0, 0.1) is 0 Å². The number of hydrogen-bond acceptors (Lipinski definition) is 5. The van der Waals surface area contributed by atoms with E-state index in [0.29, 0.717) is 23.3 Å². The SMILES string of the molecule is CCCn1c(=O)n(CC(O)COc2ccc(CC)cc2)c2cc(S(N)(=O)=O)ccc21. The summed E-state index contributed by atoms with van der Waals surface area (Å²) in [6.45, 7) is 4.45. The molecule has 3 rings (SSSR count). The second-order valence-corrected chi connectivity index (χ2v) is 8.76. The van der Waals surface area contributed by atoms with Gasteiger partial charge in [0, 0.05) is 6.54 Å². The van der Waals surface area contributed by atoms with Crippen LogP contribution in [0.15, 0.2) is 52.2 Å². The van der Waals surface area contributed by atoms with Crippen LogP contribution in [0.5, 0.6) is 5.75 Å². The quantitative estimate of drug-likeness (QED) is 0.534. The van der Waals surface area contributed by atoms with Gasteiger partial charge in [-0.1, -0.05) is 26.0 Å². The Labute approximate surface area is 175 Å². The fraction of sp³-hybridized carbons (Fsp3) is 0.381. The molecule has 9 heteroatoms. The van der Waals surface area contributed by atoms with Gasteiger partial charge in [0.05, 0.1) is 22.5 Å². The van der Waals surface area contributed by atoms with E-state index in [1.165, 1.54) is 22.3 Å². The number of aromatic nitrogens is 2. The second kappa shape index (κ2) is 9.03. The van der Waals surface area contributed by atoms with Gasteiger partial charge < -0.3 is 9.84 Å². The van der Waals surface area contributed by atoms with Crippen molar-refractivity contribution in [3.8, 4) is 5.75 Å². The van der Waals surface area contributed by atoms with Gasteiger partial charge in [-0.3, -0.25) is 9.13 Å². The number of aliphatic hydroxyl groups is 1. The summed E-state index contributed by atoms with van der Waals surface area (Å²) >= 11 is 0. The molecule has 1 unspecified atom stereocenters. The van der Waals surface area contributed by atoms with Gasteiger partial charge in [-0.2, -0.15) is 0 Å². The second-order valence-electron chi connectivity index (χ2n) is 7.20. The van der Waals surface area contributed by atoms with E-state index < -0.39 is 16.1 Å². The lowest BCUT2D eigenvalue weighted by molar-refractivity contribution is 0.0924. The molecule has 0 amide bonds. The molecular weight excluding hydrogens is 406 g/mol. The zero-order valence-electron chi connectivity index (χ0n) is 17.1. The third-order valence-electron chi connectivity index (χ3n) is 4.93. The molecule has 3 N–H and O–H groups in total. The number of sulfonamides is 1. The number of fused-ring (bicyclic) bond motifs is 1. The molecule has 0 saturated carbocycles. The topological polar surface area (TPSA) is 117 Å². The van der Waals surface area contributed by atoms with E-state index >= 15 is 0 Å². The molecule has 30 heavy (non-hydrogen) atoms. The van der Waals surface area contributed by atoms with Crippen LogP contribution in [0.1, 0.15) is 25.8 Å². The summed E-state index contributed by atoms with van der Waals surface area (Å²) < 4.78 is 32.1. The average Bonchev–Trinajstić information content (AvgIpc) is 2.97. The Hall–Kier alpha value is -2.62. The number of aryl methyl sites for hydroxylation is 2. The zero-order chi connectivity index (χ0) is 21.9. The highest BCUT2D eigenvalue weighted by Crippen LogP contribution is 2.19. The molecule has 3 aromatic rings. The van der Waals surface area contributed by atoms with Crippen molar-refractivity contribution in [2.75, 3.05) is 6.61 Å². The van der Waals surface area contributed by atoms with E-state index in [1.807, 2.05) is 31.2 Å². The minimum atomic E-state index is -3.92. The number of rotatable bonds is 9. The molecule has 0 aliphatic rings.